The van der Waals surface area contributed by atoms with Crippen LogP contribution < -0.4 is 6.15 Å². The van der Waals surface area contributed by atoms with E-state index < -0.39 is 18.5 Å². The highest BCUT2D eigenvalue weighted by Gasteiger charge is 1.70. The van der Waals surface area contributed by atoms with Crippen molar-refractivity contribution in [2.24, 2.45) is 0 Å². The number of rotatable bonds is 0. The Labute approximate surface area is 70.9 Å². The molecule has 0 aromatic carbocycles. The molecular weight excluding hydrogens is 194 g/mol. The van der Waals surface area contributed by atoms with Crippen LogP contribution in [0.15, 0.2) is 0 Å². The van der Waals surface area contributed by atoms with E-state index in [1.54, 1.807) is 0 Å². The molecule has 0 radical (unpaired) electrons. The van der Waals surface area contributed by atoms with Gasteiger partial charge in [-0.3, -0.25) is 0 Å². The van der Waals surface area contributed by atoms with Crippen LogP contribution in [0.3, 0.4) is 0 Å². The van der Waals surface area contributed by atoms with Crippen molar-refractivity contribution in [1.82, 2.24) is 6.15 Å². The zero-order valence-corrected chi connectivity index (χ0v) is 6.12. The van der Waals surface area contributed by atoms with Gasteiger partial charge in [-0.25, -0.2) is 14.4 Å². The first-order valence-electron chi connectivity index (χ1n) is 1.95. The van der Waals surface area contributed by atoms with E-state index in [2.05, 4.69) is 0 Å². The van der Waals surface area contributed by atoms with Crippen LogP contribution >= 0.6 is 0 Å². The Balaban J connectivity index is -0.0000000450. The van der Waals surface area contributed by atoms with Gasteiger partial charge >= 0.3 is 18.5 Å². The van der Waals surface area contributed by atoms with Gasteiger partial charge in [0.2, 0.25) is 0 Å². The largest absolute Gasteiger partial charge is 0.503 e. The van der Waals surface area contributed by atoms with Crippen LogP contribution in [0, 0.1) is 0 Å². The quantitative estimate of drug-likeness (QED) is 0.294. The van der Waals surface area contributed by atoms with E-state index in [4.69, 9.17) is 45.0 Å². The minimum absolute atomic E-state index is 0. The Morgan fingerprint density at radius 3 is 0.538 bits per heavy atom. The van der Waals surface area contributed by atoms with E-state index in [1.807, 2.05) is 0 Å². The van der Waals surface area contributed by atoms with Crippen LogP contribution in [0.2, 0.25) is 0 Å². The van der Waals surface area contributed by atoms with Crippen molar-refractivity contribution in [3.8, 4) is 0 Å². The van der Waals surface area contributed by atoms with Crippen molar-refractivity contribution in [3.05, 3.63) is 0 Å². The summed E-state index contributed by atoms with van der Waals surface area (Å²) in [5, 5.41) is 41.8. The van der Waals surface area contributed by atoms with E-state index >= 15 is 0 Å². The third-order valence-electron chi connectivity index (χ3n) is 0. The minimum Gasteiger partial charge on any atom is -0.450 e. The standard InChI is InChI=1S/3CH2O3.H3N/c3*2-1(3)4;/h3*(H2,2,3,4);1H3. The molecule has 0 spiro atoms. The molecule has 0 rings (SSSR count). The molecule has 0 aliphatic heterocycles. The van der Waals surface area contributed by atoms with Gasteiger partial charge in [0.05, 0.1) is 0 Å². The molecule has 10 nitrogen and oxygen atoms in total. The molecule has 0 atom stereocenters. The maximum absolute atomic E-state index is 8.56. The van der Waals surface area contributed by atoms with Gasteiger partial charge in [0.15, 0.2) is 0 Å². The molecule has 0 fully saturated rings. The topological polar surface area (TPSA) is 208 Å². The number of hydrogen-bond donors (Lipinski definition) is 7. The highest BCUT2D eigenvalue weighted by molar-refractivity contribution is 5.53. The Morgan fingerprint density at radius 2 is 0.538 bits per heavy atom. The first-order chi connectivity index (χ1) is 5.20. The molecule has 80 valence electrons. The summed E-state index contributed by atoms with van der Waals surface area (Å²) in [5.41, 5.74) is 0. The van der Waals surface area contributed by atoms with Crippen molar-refractivity contribution in [3.63, 3.8) is 0 Å². The van der Waals surface area contributed by atoms with Crippen LogP contribution in [-0.2, 0) is 0 Å². The van der Waals surface area contributed by atoms with Crippen LogP contribution in [0.5, 0.6) is 0 Å². The molecular formula is C3H9NO9. The first-order valence-corrected chi connectivity index (χ1v) is 1.95. The van der Waals surface area contributed by atoms with Crippen molar-refractivity contribution in [2.75, 3.05) is 0 Å². The molecule has 0 saturated heterocycles. The van der Waals surface area contributed by atoms with Gasteiger partial charge in [-0.2, -0.15) is 0 Å². The van der Waals surface area contributed by atoms with E-state index in [0.717, 1.165) is 0 Å². The lowest BCUT2D eigenvalue weighted by Gasteiger charge is -1.60. The monoisotopic (exact) mass is 203 g/mol. The lowest BCUT2D eigenvalue weighted by atomic mass is 11.5. The van der Waals surface area contributed by atoms with Gasteiger partial charge in [0.1, 0.15) is 0 Å². The number of carboxylic acid groups (broad SMARTS) is 6. The smallest absolute Gasteiger partial charge is 0.450 e. The average molecular weight is 203 g/mol. The molecule has 0 amide bonds. The Kier molecular flexibility index (Phi) is 28.3. The Bertz CT molecular complexity index is 112. The van der Waals surface area contributed by atoms with E-state index in [1.165, 1.54) is 0 Å². The molecule has 0 aliphatic carbocycles. The molecule has 0 heterocycles. The summed E-state index contributed by atoms with van der Waals surface area (Å²) in [6, 6.07) is 0. The molecule has 0 aromatic heterocycles. The van der Waals surface area contributed by atoms with Crippen LogP contribution in [-0.4, -0.2) is 49.1 Å². The summed E-state index contributed by atoms with van der Waals surface area (Å²) in [6.07, 6.45) is -5.50. The van der Waals surface area contributed by atoms with Crippen LogP contribution in [0.1, 0.15) is 0 Å². The summed E-state index contributed by atoms with van der Waals surface area (Å²) in [5.74, 6) is 0. The van der Waals surface area contributed by atoms with Gasteiger partial charge in [0, 0.05) is 0 Å². The molecule has 0 saturated carbocycles. The molecule has 0 aliphatic rings. The lowest BCUT2D eigenvalue weighted by molar-refractivity contribution is 0.135. The predicted molar refractivity (Wildman–Crippen MR) is 37.0 cm³/mol. The van der Waals surface area contributed by atoms with E-state index in [9.17, 15) is 0 Å². The van der Waals surface area contributed by atoms with Crippen molar-refractivity contribution < 1.29 is 45.0 Å². The molecule has 10 heteroatoms. The highest BCUT2D eigenvalue weighted by atomic mass is 16.6. The van der Waals surface area contributed by atoms with Crippen molar-refractivity contribution >= 4 is 18.5 Å². The van der Waals surface area contributed by atoms with Crippen LogP contribution in [0.25, 0.3) is 0 Å². The fraction of sp³-hybridized carbons (Fsp3) is 0. The number of hydrogen-bond acceptors (Lipinski definition) is 4. The lowest BCUT2D eigenvalue weighted by Crippen LogP contribution is -1.81. The third kappa shape index (κ3) is 119. The van der Waals surface area contributed by atoms with Gasteiger partial charge in [-0.1, -0.05) is 0 Å². The molecule has 0 bridgehead atoms. The fourth-order valence-corrected chi connectivity index (χ4v) is 0. The van der Waals surface area contributed by atoms with Crippen molar-refractivity contribution in [1.29, 1.82) is 0 Å². The molecule has 0 aromatic rings. The maximum Gasteiger partial charge on any atom is 0.503 e. The van der Waals surface area contributed by atoms with Gasteiger partial charge in [0.25, 0.3) is 0 Å². The Morgan fingerprint density at radius 1 is 0.538 bits per heavy atom. The number of carbonyl (C=O) groups is 3. The normalized spacial score (nSPS) is 5.54. The average Bonchev–Trinajstić information content (AvgIpc) is 1.54. The minimum atomic E-state index is -1.83. The van der Waals surface area contributed by atoms with Gasteiger partial charge in [-0.15, -0.1) is 0 Å². The fourth-order valence-electron chi connectivity index (χ4n) is 0. The second kappa shape index (κ2) is 16.4. The van der Waals surface area contributed by atoms with Crippen LogP contribution in [0.4, 0.5) is 14.4 Å². The molecule has 9 N–H and O–H groups in total. The van der Waals surface area contributed by atoms with Gasteiger partial charge < -0.3 is 36.8 Å². The highest BCUT2D eigenvalue weighted by Crippen LogP contribution is 1.43. The summed E-state index contributed by atoms with van der Waals surface area (Å²) < 4.78 is 0. The SMILES string of the molecule is N.O=C(O)O.O=C(O)O.O=C(O)O. The zero-order chi connectivity index (χ0) is 10.7. The van der Waals surface area contributed by atoms with E-state index in [0.29, 0.717) is 0 Å². The van der Waals surface area contributed by atoms with E-state index in [-0.39, 0.29) is 6.15 Å². The second-order valence-electron chi connectivity index (χ2n) is 0.848. The predicted octanol–water partition coefficient (Wildman–Crippen LogP) is 0.829. The Hall–Kier alpha value is -2.23. The summed E-state index contributed by atoms with van der Waals surface area (Å²) in [4.78, 5) is 25.7. The third-order valence-corrected chi connectivity index (χ3v) is 0. The summed E-state index contributed by atoms with van der Waals surface area (Å²) >= 11 is 0. The summed E-state index contributed by atoms with van der Waals surface area (Å²) in [7, 11) is 0. The zero-order valence-electron chi connectivity index (χ0n) is 6.12. The van der Waals surface area contributed by atoms with Crippen molar-refractivity contribution in [2.45, 2.75) is 0 Å². The second-order valence-corrected chi connectivity index (χ2v) is 0.848. The van der Waals surface area contributed by atoms with Gasteiger partial charge in [-0.05, 0) is 0 Å². The molecule has 0 unspecified atom stereocenters. The maximum atomic E-state index is 8.56. The molecule has 13 heavy (non-hydrogen) atoms. The first kappa shape index (κ1) is 22.4. The summed E-state index contributed by atoms with van der Waals surface area (Å²) in [6.45, 7) is 0.